The number of pyridine rings is 1. The lowest BCUT2D eigenvalue weighted by molar-refractivity contribution is 0.0696. The Bertz CT molecular complexity index is 945. The Hall–Kier alpha value is -3.35. The predicted molar refractivity (Wildman–Crippen MR) is 92.5 cm³/mol. The molecular weight excluding hydrogens is 322 g/mol. The number of rotatable bonds is 5. The summed E-state index contributed by atoms with van der Waals surface area (Å²) in [5, 5.41) is 11.7. The lowest BCUT2D eigenvalue weighted by Gasteiger charge is -2.08. The zero-order chi connectivity index (χ0) is 18.0. The average molecular weight is 339 g/mol. The minimum Gasteiger partial charge on any atom is -0.490 e. The van der Waals surface area contributed by atoms with Crippen LogP contribution < -0.4 is 10.1 Å². The van der Waals surface area contributed by atoms with Gasteiger partial charge >= 0.3 is 5.97 Å². The van der Waals surface area contributed by atoms with Crippen molar-refractivity contribution in [1.82, 2.24) is 9.38 Å². The summed E-state index contributed by atoms with van der Waals surface area (Å²) in [4.78, 5) is 28.0. The van der Waals surface area contributed by atoms with Gasteiger partial charge in [0.1, 0.15) is 5.69 Å². The molecule has 0 saturated carbocycles. The number of amides is 1. The standard InChI is InChI=1S/C18H17N3O4/c1-3-25-14-5-4-10-21-15(11(2)19-16(14)21)17(22)20-13-8-6-12(7-9-13)18(23)24/h4-10H,3H2,1-2H3,(H,20,22)(H,23,24). The number of benzene rings is 1. The molecule has 3 aromatic rings. The van der Waals surface area contributed by atoms with Crippen LogP contribution in [0.25, 0.3) is 5.65 Å². The van der Waals surface area contributed by atoms with Crippen molar-refractivity contribution in [2.24, 2.45) is 0 Å². The first-order valence-corrected chi connectivity index (χ1v) is 7.76. The van der Waals surface area contributed by atoms with Crippen molar-refractivity contribution in [3.8, 4) is 5.75 Å². The van der Waals surface area contributed by atoms with Crippen LogP contribution in [0.5, 0.6) is 5.75 Å². The monoisotopic (exact) mass is 339 g/mol. The van der Waals surface area contributed by atoms with E-state index in [4.69, 9.17) is 9.84 Å². The minimum atomic E-state index is -1.01. The third-order valence-corrected chi connectivity index (χ3v) is 3.69. The van der Waals surface area contributed by atoms with Crippen molar-refractivity contribution >= 4 is 23.2 Å². The van der Waals surface area contributed by atoms with Gasteiger partial charge in [-0.05, 0) is 50.2 Å². The van der Waals surface area contributed by atoms with Crippen molar-refractivity contribution in [2.75, 3.05) is 11.9 Å². The number of aromatic nitrogens is 2. The maximum Gasteiger partial charge on any atom is 0.335 e. The topological polar surface area (TPSA) is 92.9 Å². The molecule has 1 aromatic carbocycles. The number of fused-ring (bicyclic) bond motifs is 1. The van der Waals surface area contributed by atoms with Gasteiger partial charge in [0, 0.05) is 11.9 Å². The van der Waals surface area contributed by atoms with Crippen LogP contribution in [-0.4, -0.2) is 33.0 Å². The molecular formula is C18H17N3O4. The largest absolute Gasteiger partial charge is 0.490 e. The number of ether oxygens (including phenoxy) is 1. The molecule has 0 aliphatic rings. The van der Waals surface area contributed by atoms with Crippen molar-refractivity contribution < 1.29 is 19.4 Å². The van der Waals surface area contributed by atoms with E-state index in [0.29, 0.717) is 35.1 Å². The number of carboxylic acids is 1. The zero-order valence-electron chi connectivity index (χ0n) is 13.8. The maximum atomic E-state index is 12.7. The highest BCUT2D eigenvalue weighted by atomic mass is 16.5. The Labute approximate surface area is 143 Å². The van der Waals surface area contributed by atoms with Crippen molar-refractivity contribution in [2.45, 2.75) is 13.8 Å². The number of aromatic carboxylic acids is 1. The van der Waals surface area contributed by atoms with Gasteiger partial charge in [-0.15, -0.1) is 0 Å². The SMILES string of the molecule is CCOc1cccn2c(C(=O)Nc3ccc(C(=O)O)cc3)c(C)nc12. The molecule has 7 heteroatoms. The van der Waals surface area contributed by atoms with Crippen LogP contribution in [0.1, 0.15) is 33.5 Å². The van der Waals surface area contributed by atoms with Gasteiger partial charge in [0.2, 0.25) is 0 Å². The second kappa shape index (κ2) is 6.64. The van der Waals surface area contributed by atoms with Gasteiger partial charge in [-0.25, -0.2) is 9.78 Å². The lowest BCUT2D eigenvalue weighted by Crippen LogP contribution is -2.15. The van der Waals surface area contributed by atoms with Crippen molar-refractivity contribution in [3.63, 3.8) is 0 Å². The van der Waals surface area contributed by atoms with Gasteiger partial charge in [-0.2, -0.15) is 0 Å². The molecule has 128 valence electrons. The van der Waals surface area contributed by atoms with Gasteiger partial charge in [-0.1, -0.05) is 0 Å². The normalized spacial score (nSPS) is 10.6. The van der Waals surface area contributed by atoms with E-state index in [1.807, 2.05) is 6.92 Å². The van der Waals surface area contributed by atoms with E-state index in [1.54, 1.807) is 41.8 Å². The molecule has 0 spiro atoms. The Balaban J connectivity index is 1.93. The van der Waals surface area contributed by atoms with Gasteiger partial charge in [-0.3, -0.25) is 9.20 Å². The van der Waals surface area contributed by atoms with Gasteiger partial charge in [0.05, 0.1) is 17.9 Å². The number of imidazole rings is 1. The quantitative estimate of drug-likeness (QED) is 0.745. The van der Waals surface area contributed by atoms with Crippen LogP contribution in [0.4, 0.5) is 5.69 Å². The number of nitrogens with one attached hydrogen (secondary N) is 1. The highest BCUT2D eigenvalue weighted by molar-refractivity contribution is 6.04. The molecule has 0 saturated heterocycles. The summed E-state index contributed by atoms with van der Waals surface area (Å²) in [6, 6.07) is 9.56. The molecule has 3 rings (SSSR count). The van der Waals surface area contributed by atoms with Gasteiger partial charge in [0.25, 0.3) is 5.91 Å². The summed E-state index contributed by atoms with van der Waals surface area (Å²) >= 11 is 0. The molecule has 0 radical (unpaired) electrons. The third kappa shape index (κ3) is 3.16. The van der Waals surface area contributed by atoms with Crippen molar-refractivity contribution in [3.05, 3.63) is 59.5 Å². The van der Waals surface area contributed by atoms with Crippen LogP contribution in [0, 0.1) is 6.92 Å². The van der Waals surface area contributed by atoms with Crippen molar-refractivity contribution in [1.29, 1.82) is 0 Å². The van der Waals surface area contributed by atoms with Crippen LogP contribution in [0.15, 0.2) is 42.6 Å². The Morgan fingerprint density at radius 2 is 1.96 bits per heavy atom. The maximum absolute atomic E-state index is 12.7. The molecule has 25 heavy (non-hydrogen) atoms. The van der Waals surface area contributed by atoms with E-state index >= 15 is 0 Å². The molecule has 2 N–H and O–H groups in total. The summed E-state index contributed by atoms with van der Waals surface area (Å²) in [6.07, 6.45) is 1.75. The second-order valence-electron chi connectivity index (χ2n) is 5.38. The smallest absolute Gasteiger partial charge is 0.335 e. The molecule has 0 atom stereocenters. The Morgan fingerprint density at radius 1 is 1.24 bits per heavy atom. The van der Waals surface area contributed by atoms with Crippen LogP contribution in [0.2, 0.25) is 0 Å². The molecule has 0 unspecified atom stereocenters. The van der Waals surface area contributed by atoms with Crippen LogP contribution in [0.3, 0.4) is 0 Å². The molecule has 2 heterocycles. The average Bonchev–Trinajstić information content (AvgIpc) is 2.92. The van der Waals surface area contributed by atoms with Crippen LogP contribution >= 0.6 is 0 Å². The predicted octanol–water partition coefficient (Wildman–Crippen LogP) is 2.99. The zero-order valence-corrected chi connectivity index (χ0v) is 13.8. The summed E-state index contributed by atoms with van der Waals surface area (Å²) < 4.78 is 7.23. The van der Waals surface area contributed by atoms with E-state index in [-0.39, 0.29) is 11.5 Å². The molecule has 7 nitrogen and oxygen atoms in total. The Morgan fingerprint density at radius 3 is 2.60 bits per heavy atom. The number of carbonyl (C=O) groups excluding carboxylic acids is 1. The second-order valence-corrected chi connectivity index (χ2v) is 5.38. The van der Waals surface area contributed by atoms with E-state index < -0.39 is 5.97 Å². The fourth-order valence-electron chi connectivity index (χ4n) is 2.58. The number of aryl methyl sites for hydroxylation is 1. The number of nitrogens with zero attached hydrogens (tertiary/aromatic N) is 2. The highest BCUT2D eigenvalue weighted by Gasteiger charge is 2.19. The number of hydrogen-bond acceptors (Lipinski definition) is 4. The van der Waals surface area contributed by atoms with E-state index in [0.717, 1.165) is 0 Å². The first kappa shape index (κ1) is 16.5. The molecule has 0 fully saturated rings. The molecule has 0 aliphatic heterocycles. The van der Waals surface area contributed by atoms with Crippen LogP contribution in [-0.2, 0) is 0 Å². The number of hydrogen-bond donors (Lipinski definition) is 2. The molecule has 1 amide bonds. The van der Waals surface area contributed by atoms with E-state index in [9.17, 15) is 9.59 Å². The molecule has 0 aliphatic carbocycles. The molecule has 2 aromatic heterocycles. The first-order valence-electron chi connectivity index (χ1n) is 7.76. The lowest BCUT2D eigenvalue weighted by atomic mass is 10.2. The minimum absolute atomic E-state index is 0.158. The molecule has 0 bridgehead atoms. The fourth-order valence-corrected chi connectivity index (χ4v) is 2.58. The summed E-state index contributed by atoms with van der Waals surface area (Å²) in [6.45, 7) is 4.14. The third-order valence-electron chi connectivity index (χ3n) is 3.69. The number of carbonyl (C=O) groups is 2. The fraction of sp³-hybridized carbons (Fsp3) is 0.167. The number of carboxylic acid groups (broad SMARTS) is 1. The summed E-state index contributed by atoms with van der Waals surface area (Å²) in [5.41, 5.74) is 2.22. The summed E-state index contributed by atoms with van der Waals surface area (Å²) in [5.74, 6) is -0.737. The van der Waals surface area contributed by atoms with E-state index in [2.05, 4.69) is 10.3 Å². The van der Waals surface area contributed by atoms with E-state index in [1.165, 1.54) is 12.1 Å². The first-order chi connectivity index (χ1) is 12.0. The van der Waals surface area contributed by atoms with Gasteiger partial charge in [0.15, 0.2) is 11.4 Å². The van der Waals surface area contributed by atoms with Gasteiger partial charge < -0.3 is 15.2 Å². The Kier molecular flexibility index (Phi) is 4.38. The summed E-state index contributed by atoms with van der Waals surface area (Å²) in [7, 11) is 0. The number of anilines is 1. The highest BCUT2D eigenvalue weighted by Crippen LogP contribution is 2.23.